The van der Waals surface area contributed by atoms with Crippen LogP contribution in [0.5, 0.6) is 5.75 Å². The van der Waals surface area contributed by atoms with E-state index in [4.69, 9.17) is 22.8 Å². The third-order valence-corrected chi connectivity index (χ3v) is 4.11. The van der Waals surface area contributed by atoms with Gasteiger partial charge in [-0.05, 0) is 47.7 Å². The molecule has 0 aromatic heterocycles. The van der Waals surface area contributed by atoms with Gasteiger partial charge in [0.1, 0.15) is 12.4 Å². The molecule has 3 nitrogen and oxygen atoms in total. The Labute approximate surface area is 154 Å². The smallest absolute Gasteiger partial charge is 0.220 e. The molecular weight excluding hydrogens is 334 g/mol. The van der Waals surface area contributed by atoms with E-state index in [9.17, 15) is 4.79 Å². The van der Waals surface area contributed by atoms with Crippen molar-refractivity contribution < 1.29 is 9.53 Å². The standard InChI is InChI=1S/C21H22ClNO2/c1-3-13-25-20-11-7-16(14-18(20)4-2)8-12-21(24)23-15-17-5-9-19(22)10-6-17/h1,5-7,9-11,14H,4,8,12-13,15H2,2H3,(H,23,24). The molecule has 0 atom stereocenters. The zero-order chi connectivity index (χ0) is 18.1. The van der Waals surface area contributed by atoms with Gasteiger partial charge in [-0.15, -0.1) is 6.42 Å². The molecule has 1 amide bonds. The molecule has 0 bridgehead atoms. The Balaban J connectivity index is 1.84. The van der Waals surface area contributed by atoms with Gasteiger partial charge in [-0.2, -0.15) is 0 Å². The van der Waals surface area contributed by atoms with Crippen molar-refractivity contribution in [1.82, 2.24) is 5.32 Å². The van der Waals surface area contributed by atoms with Gasteiger partial charge < -0.3 is 10.1 Å². The molecule has 2 aromatic rings. The van der Waals surface area contributed by atoms with Crippen molar-refractivity contribution in [1.29, 1.82) is 0 Å². The molecule has 0 aliphatic carbocycles. The highest BCUT2D eigenvalue weighted by molar-refractivity contribution is 6.30. The zero-order valence-electron chi connectivity index (χ0n) is 14.3. The first-order chi connectivity index (χ1) is 12.1. The van der Waals surface area contributed by atoms with Gasteiger partial charge >= 0.3 is 0 Å². The Kier molecular flexibility index (Phi) is 7.37. The normalized spacial score (nSPS) is 10.1. The van der Waals surface area contributed by atoms with Crippen LogP contribution in [0.3, 0.4) is 0 Å². The minimum Gasteiger partial charge on any atom is -0.481 e. The first-order valence-corrected chi connectivity index (χ1v) is 8.69. The lowest BCUT2D eigenvalue weighted by atomic mass is 10.0. The van der Waals surface area contributed by atoms with Gasteiger partial charge in [0.15, 0.2) is 0 Å². The molecule has 1 N–H and O–H groups in total. The summed E-state index contributed by atoms with van der Waals surface area (Å²) in [5.74, 6) is 3.31. The average Bonchev–Trinajstić information content (AvgIpc) is 2.64. The molecule has 4 heteroatoms. The van der Waals surface area contributed by atoms with Gasteiger partial charge in [-0.3, -0.25) is 4.79 Å². The first-order valence-electron chi connectivity index (χ1n) is 8.31. The fourth-order valence-electron chi connectivity index (χ4n) is 2.47. The molecular formula is C21H22ClNO2. The largest absolute Gasteiger partial charge is 0.481 e. The summed E-state index contributed by atoms with van der Waals surface area (Å²) >= 11 is 5.85. The van der Waals surface area contributed by atoms with Crippen LogP contribution in [0.4, 0.5) is 0 Å². The number of terminal acetylenes is 1. The lowest BCUT2D eigenvalue weighted by Gasteiger charge is -2.11. The second-order valence-electron chi connectivity index (χ2n) is 5.69. The Morgan fingerprint density at radius 3 is 2.60 bits per heavy atom. The fourth-order valence-corrected chi connectivity index (χ4v) is 2.60. The highest BCUT2D eigenvalue weighted by Crippen LogP contribution is 2.21. The summed E-state index contributed by atoms with van der Waals surface area (Å²) < 4.78 is 5.53. The molecule has 0 unspecified atom stereocenters. The Bertz CT molecular complexity index is 747. The molecule has 2 aromatic carbocycles. The number of carbonyl (C=O) groups excluding carboxylic acids is 1. The molecule has 2 rings (SSSR count). The summed E-state index contributed by atoms with van der Waals surface area (Å²) in [6, 6.07) is 13.4. The van der Waals surface area contributed by atoms with Crippen LogP contribution in [0.1, 0.15) is 30.0 Å². The number of rotatable bonds is 8. The summed E-state index contributed by atoms with van der Waals surface area (Å²) in [6.45, 7) is 2.84. The van der Waals surface area contributed by atoms with E-state index in [2.05, 4.69) is 24.2 Å². The number of hydrogen-bond acceptors (Lipinski definition) is 2. The van der Waals surface area contributed by atoms with Crippen LogP contribution in [0.25, 0.3) is 0 Å². The third kappa shape index (κ3) is 6.17. The highest BCUT2D eigenvalue weighted by atomic mass is 35.5. The van der Waals surface area contributed by atoms with Crippen molar-refractivity contribution in [3.8, 4) is 18.1 Å². The molecule has 0 radical (unpaired) electrons. The van der Waals surface area contributed by atoms with Crippen molar-refractivity contribution in [2.24, 2.45) is 0 Å². The van der Waals surface area contributed by atoms with Crippen LogP contribution >= 0.6 is 11.6 Å². The molecule has 0 saturated heterocycles. The predicted octanol–water partition coefficient (Wildman–Crippen LogP) is 4.16. The lowest BCUT2D eigenvalue weighted by Crippen LogP contribution is -2.22. The monoisotopic (exact) mass is 355 g/mol. The first kappa shape index (κ1) is 18.9. The zero-order valence-corrected chi connectivity index (χ0v) is 15.1. The number of halogens is 1. The maximum absolute atomic E-state index is 12.0. The van der Waals surface area contributed by atoms with Gasteiger partial charge in [0.2, 0.25) is 5.91 Å². The highest BCUT2D eigenvalue weighted by Gasteiger charge is 2.06. The van der Waals surface area contributed by atoms with Crippen LogP contribution in [0.2, 0.25) is 5.02 Å². The van der Waals surface area contributed by atoms with E-state index in [0.717, 1.165) is 28.9 Å². The average molecular weight is 356 g/mol. The quantitative estimate of drug-likeness (QED) is 0.722. The number of benzene rings is 2. The minimum atomic E-state index is 0.0284. The Hall–Kier alpha value is -2.44. The van der Waals surface area contributed by atoms with Crippen LogP contribution in [-0.4, -0.2) is 12.5 Å². The second-order valence-corrected chi connectivity index (χ2v) is 6.13. The summed E-state index contributed by atoms with van der Waals surface area (Å²) in [6.07, 6.45) is 7.22. The minimum absolute atomic E-state index is 0.0284. The van der Waals surface area contributed by atoms with E-state index in [1.165, 1.54) is 0 Å². The van der Waals surface area contributed by atoms with Gasteiger partial charge in [-0.25, -0.2) is 0 Å². The lowest BCUT2D eigenvalue weighted by molar-refractivity contribution is -0.121. The van der Waals surface area contributed by atoms with Crippen LogP contribution in [0, 0.1) is 12.3 Å². The van der Waals surface area contributed by atoms with E-state index in [-0.39, 0.29) is 12.5 Å². The van der Waals surface area contributed by atoms with E-state index in [1.807, 2.05) is 36.4 Å². The molecule has 0 spiro atoms. The molecule has 25 heavy (non-hydrogen) atoms. The summed E-state index contributed by atoms with van der Waals surface area (Å²) in [5, 5.41) is 3.62. The predicted molar refractivity (Wildman–Crippen MR) is 102 cm³/mol. The van der Waals surface area contributed by atoms with E-state index in [1.54, 1.807) is 0 Å². The van der Waals surface area contributed by atoms with Gasteiger partial charge in [0.05, 0.1) is 0 Å². The molecule has 0 fully saturated rings. The molecule has 130 valence electrons. The van der Waals surface area contributed by atoms with Crippen LogP contribution in [0.15, 0.2) is 42.5 Å². The molecule has 0 aliphatic rings. The van der Waals surface area contributed by atoms with Crippen molar-refractivity contribution in [2.75, 3.05) is 6.61 Å². The fraction of sp³-hybridized carbons (Fsp3) is 0.286. The van der Waals surface area contributed by atoms with Crippen molar-refractivity contribution in [3.05, 3.63) is 64.2 Å². The SMILES string of the molecule is C#CCOc1ccc(CCC(=O)NCc2ccc(Cl)cc2)cc1CC. The van der Waals surface area contributed by atoms with Crippen molar-refractivity contribution in [3.63, 3.8) is 0 Å². The van der Waals surface area contributed by atoms with Crippen LogP contribution < -0.4 is 10.1 Å². The number of hydrogen-bond donors (Lipinski definition) is 1. The van der Waals surface area contributed by atoms with E-state index < -0.39 is 0 Å². The topological polar surface area (TPSA) is 38.3 Å². The second kappa shape index (κ2) is 9.76. The Morgan fingerprint density at radius 2 is 1.92 bits per heavy atom. The van der Waals surface area contributed by atoms with Gasteiger partial charge in [-0.1, -0.05) is 48.7 Å². The third-order valence-electron chi connectivity index (χ3n) is 3.86. The van der Waals surface area contributed by atoms with Crippen LogP contribution in [-0.2, 0) is 24.2 Å². The summed E-state index contributed by atoms with van der Waals surface area (Å²) in [5.41, 5.74) is 3.25. The number of aryl methyl sites for hydroxylation is 2. The van der Waals surface area contributed by atoms with E-state index in [0.29, 0.717) is 24.4 Å². The summed E-state index contributed by atoms with van der Waals surface area (Å²) in [7, 11) is 0. The number of carbonyl (C=O) groups is 1. The molecule has 0 saturated carbocycles. The molecule has 0 aliphatic heterocycles. The van der Waals surface area contributed by atoms with Gasteiger partial charge in [0, 0.05) is 18.0 Å². The van der Waals surface area contributed by atoms with Crippen molar-refractivity contribution in [2.45, 2.75) is 32.7 Å². The number of nitrogens with one attached hydrogen (secondary N) is 1. The van der Waals surface area contributed by atoms with E-state index >= 15 is 0 Å². The number of ether oxygens (including phenoxy) is 1. The summed E-state index contributed by atoms with van der Waals surface area (Å²) in [4.78, 5) is 12.0. The Morgan fingerprint density at radius 1 is 1.20 bits per heavy atom. The number of amides is 1. The van der Waals surface area contributed by atoms with Crippen molar-refractivity contribution >= 4 is 17.5 Å². The molecule has 0 heterocycles. The van der Waals surface area contributed by atoms with Gasteiger partial charge in [0.25, 0.3) is 0 Å². The maximum atomic E-state index is 12.0. The maximum Gasteiger partial charge on any atom is 0.220 e.